The SMILES string of the molecule is C=CC(=O)OCCc1ccc(N(c2ccc(CC)cc2)c2ccc(CCC3OCOCO3)cc2)cc1. The Morgan fingerprint density at radius 1 is 0.861 bits per heavy atom. The number of rotatable bonds is 11. The number of anilines is 3. The average Bonchev–Trinajstić information content (AvgIpc) is 2.94. The first-order valence-electron chi connectivity index (χ1n) is 12.3. The van der Waals surface area contributed by atoms with E-state index in [1.807, 2.05) is 0 Å². The molecule has 4 rings (SSSR count). The highest BCUT2D eigenvalue weighted by atomic mass is 16.8. The van der Waals surface area contributed by atoms with Gasteiger partial charge in [-0.1, -0.05) is 49.9 Å². The van der Waals surface area contributed by atoms with E-state index in [1.54, 1.807) is 0 Å². The van der Waals surface area contributed by atoms with Crippen molar-refractivity contribution in [2.45, 2.75) is 38.9 Å². The highest BCUT2D eigenvalue weighted by Crippen LogP contribution is 2.35. The number of carbonyl (C=O) groups excluding carboxylic acids is 1. The average molecular weight is 488 g/mol. The summed E-state index contributed by atoms with van der Waals surface area (Å²) >= 11 is 0. The standard InChI is InChI=1S/C30H33NO5/c1-3-23-5-12-26(13-6-23)31(28-16-9-25(10-17-28)19-20-34-29(32)4-2)27-14-7-24(8-15-27)11-18-30-35-21-33-22-36-30/h4-10,12-17,30H,2-3,11,18-22H2,1H3. The van der Waals surface area contributed by atoms with Gasteiger partial charge in [0.15, 0.2) is 19.9 Å². The Balaban J connectivity index is 1.50. The predicted molar refractivity (Wildman–Crippen MR) is 140 cm³/mol. The molecule has 0 aliphatic carbocycles. The summed E-state index contributed by atoms with van der Waals surface area (Å²) in [5.41, 5.74) is 6.86. The molecule has 0 N–H and O–H groups in total. The predicted octanol–water partition coefficient (Wildman–Crippen LogP) is 6.23. The third kappa shape index (κ3) is 7.04. The molecule has 0 bridgehead atoms. The molecule has 1 aliphatic rings. The van der Waals surface area contributed by atoms with E-state index in [2.05, 4.69) is 91.2 Å². The van der Waals surface area contributed by atoms with Gasteiger partial charge >= 0.3 is 5.97 Å². The van der Waals surface area contributed by atoms with Gasteiger partial charge in [0.25, 0.3) is 0 Å². The van der Waals surface area contributed by atoms with Crippen LogP contribution in [-0.4, -0.2) is 32.5 Å². The van der Waals surface area contributed by atoms with Crippen LogP contribution in [-0.2, 0) is 43.0 Å². The number of ether oxygens (including phenoxy) is 4. The first-order valence-corrected chi connectivity index (χ1v) is 12.3. The van der Waals surface area contributed by atoms with E-state index in [-0.39, 0.29) is 19.9 Å². The van der Waals surface area contributed by atoms with Crippen LogP contribution in [0, 0.1) is 0 Å². The van der Waals surface area contributed by atoms with Crippen molar-refractivity contribution in [3.63, 3.8) is 0 Å². The van der Waals surface area contributed by atoms with Gasteiger partial charge in [0.05, 0.1) is 6.61 Å². The van der Waals surface area contributed by atoms with Crippen LogP contribution in [0.5, 0.6) is 0 Å². The second-order valence-corrected chi connectivity index (χ2v) is 8.55. The zero-order valence-electron chi connectivity index (χ0n) is 20.7. The molecule has 6 nitrogen and oxygen atoms in total. The van der Waals surface area contributed by atoms with E-state index in [1.165, 1.54) is 17.2 Å². The summed E-state index contributed by atoms with van der Waals surface area (Å²) in [4.78, 5) is 13.5. The number of hydrogen-bond acceptors (Lipinski definition) is 6. The van der Waals surface area contributed by atoms with Gasteiger partial charge in [-0.2, -0.15) is 0 Å². The largest absolute Gasteiger partial charge is 0.462 e. The second-order valence-electron chi connectivity index (χ2n) is 8.55. The molecule has 36 heavy (non-hydrogen) atoms. The lowest BCUT2D eigenvalue weighted by atomic mass is 10.1. The monoisotopic (exact) mass is 487 g/mol. The first kappa shape index (κ1) is 25.6. The van der Waals surface area contributed by atoms with Crippen molar-refractivity contribution in [1.82, 2.24) is 0 Å². The minimum atomic E-state index is -0.399. The molecule has 6 heteroatoms. The van der Waals surface area contributed by atoms with Crippen LogP contribution >= 0.6 is 0 Å². The summed E-state index contributed by atoms with van der Waals surface area (Å²) < 4.78 is 21.1. The topological polar surface area (TPSA) is 57.2 Å². The van der Waals surface area contributed by atoms with Gasteiger partial charge in [-0.25, -0.2) is 4.79 Å². The van der Waals surface area contributed by atoms with E-state index in [0.29, 0.717) is 13.0 Å². The Morgan fingerprint density at radius 3 is 1.86 bits per heavy atom. The van der Waals surface area contributed by atoms with Gasteiger partial charge in [-0.15, -0.1) is 0 Å². The van der Waals surface area contributed by atoms with Crippen LogP contribution in [0.15, 0.2) is 85.5 Å². The molecular formula is C30H33NO5. The zero-order valence-corrected chi connectivity index (χ0v) is 20.7. The normalized spacial score (nSPS) is 13.8. The van der Waals surface area contributed by atoms with Gasteiger partial charge in [0, 0.05) is 36.0 Å². The molecule has 1 fully saturated rings. The molecule has 188 valence electrons. The van der Waals surface area contributed by atoms with Gasteiger partial charge in [0.1, 0.15) is 0 Å². The molecule has 0 atom stereocenters. The maximum Gasteiger partial charge on any atom is 0.330 e. The van der Waals surface area contributed by atoms with Crippen molar-refractivity contribution in [2.75, 3.05) is 25.1 Å². The maximum atomic E-state index is 11.3. The van der Waals surface area contributed by atoms with Crippen molar-refractivity contribution in [3.8, 4) is 0 Å². The number of benzene rings is 3. The summed E-state index contributed by atoms with van der Waals surface area (Å²) in [5, 5.41) is 0. The fourth-order valence-electron chi connectivity index (χ4n) is 4.06. The minimum Gasteiger partial charge on any atom is -0.462 e. The summed E-state index contributed by atoms with van der Waals surface area (Å²) in [6.45, 7) is 6.49. The van der Waals surface area contributed by atoms with Gasteiger partial charge in [-0.3, -0.25) is 0 Å². The van der Waals surface area contributed by atoms with Gasteiger partial charge in [-0.05, 0) is 65.9 Å². The molecular weight excluding hydrogens is 454 g/mol. The van der Waals surface area contributed by atoms with E-state index >= 15 is 0 Å². The van der Waals surface area contributed by atoms with Crippen molar-refractivity contribution in [3.05, 3.63) is 102 Å². The molecule has 0 amide bonds. The molecule has 0 radical (unpaired) electrons. The Bertz CT molecular complexity index is 1100. The number of hydrogen-bond donors (Lipinski definition) is 0. The highest BCUT2D eigenvalue weighted by Gasteiger charge is 2.15. The van der Waals surface area contributed by atoms with Crippen molar-refractivity contribution < 1.29 is 23.7 Å². The Morgan fingerprint density at radius 2 is 1.36 bits per heavy atom. The molecule has 3 aromatic rings. The minimum absolute atomic E-state index is 0.217. The van der Waals surface area contributed by atoms with Crippen molar-refractivity contribution in [2.24, 2.45) is 0 Å². The number of nitrogens with zero attached hydrogens (tertiary/aromatic N) is 1. The van der Waals surface area contributed by atoms with Gasteiger partial charge < -0.3 is 23.8 Å². The van der Waals surface area contributed by atoms with Crippen LogP contribution in [0.25, 0.3) is 0 Å². The first-order chi connectivity index (χ1) is 17.7. The Hall–Kier alpha value is -3.45. The molecule has 3 aromatic carbocycles. The lowest BCUT2D eigenvalue weighted by Gasteiger charge is -2.26. The summed E-state index contributed by atoms with van der Waals surface area (Å²) in [5.74, 6) is -0.399. The summed E-state index contributed by atoms with van der Waals surface area (Å²) in [6, 6.07) is 25.6. The van der Waals surface area contributed by atoms with Crippen LogP contribution in [0.1, 0.15) is 30.0 Å². The Kier molecular flexibility index (Phi) is 9.27. The van der Waals surface area contributed by atoms with Crippen molar-refractivity contribution in [1.29, 1.82) is 0 Å². The van der Waals surface area contributed by atoms with E-state index in [0.717, 1.165) is 41.9 Å². The molecule has 1 saturated heterocycles. The number of esters is 1. The molecule has 1 aliphatic heterocycles. The summed E-state index contributed by atoms with van der Waals surface area (Å²) in [7, 11) is 0. The summed E-state index contributed by atoms with van der Waals surface area (Å²) in [6.07, 6.45) is 4.27. The maximum absolute atomic E-state index is 11.3. The number of aryl methyl sites for hydroxylation is 2. The lowest BCUT2D eigenvalue weighted by Crippen LogP contribution is -2.26. The van der Waals surface area contributed by atoms with Gasteiger partial charge in [0.2, 0.25) is 0 Å². The lowest BCUT2D eigenvalue weighted by molar-refractivity contribution is -0.299. The molecule has 1 heterocycles. The molecule has 0 spiro atoms. The highest BCUT2D eigenvalue weighted by molar-refractivity contribution is 5.81. The smallest absolute Gasteiger partial charge is 0.330 e. The van der Waals surface area contributed by atoms with Crippen LogP contribution in [0.4, 0.5) is 17.1 Å². The van der Waals surface area contributed by atoms with Crippen LogP contribution < -0.4 is 4.90 Å². The third-order valence-electron chi connectivity index (χ3n) is 6.14. The zero-order chi connectivity index (χ0) is 25.2. The molecule has 0 unspecified atom stereocenters. The van der Waals surface area contributed by atoms with Crippen molar-refractivity contribution >= 4 is 23.0 Å². The second kappa shape index (κ2) is 13.0. The van der Waals surface area contributed by atoms with E-state index in [9.17, 15) is 4.79 Å². The Labute approximate surface area is 213 Å². The number of carbonyl (C=O) groups is 1. The molecule has 0 aromatic heterocycles. The fourth-order valence-corrected chi connectivity index (χ4v) is 4.06. The van der Waals surface area contributed by atoms with E-state index in [4.69, 9.17) is 18.9 Å². The van der Waals surface area contributed by atoms with Crippen LogP contribution in [0.2, 0.25) is 0 Å². The quantitative estimate of drug-likeness (QED) is 0.236. The van der Waals surface area contributed by atoms with Crippen LogP contribution in [0.3, 0.4) is 0 Å². The molecule has 0 saturated carbocycles. The third-order valence-corrected chi connectivity index (χ3v) is 6.14. The fraction of sp³-hybridized carbons (Fsp3) is 0.300. The van der Waals surface area contributed by atoms with E-state index < -0.39 is 5.97 Å².